The molecule has 0 atom stereocenters. The fourth-order valence-corrected chi connectivity index (χ4v) is 1.54. The Morgan fingerprint density at radius 3 is 2.75 bits per heavy atom. The molecule has 0 aromatic carbocycles. The van der Waals surface area contributed by atoms with E-state index in [-0.39, 0.29) is 12.4 Å². The van der Waals surface area contributed by atoms with E-state index in [0.29, 0.717) is 23.0 Å². The zero-order valence-corrected chi connectivity index (χ0v) is 9.75. The summed E-state index contributed by atoms with van der Waals surface area (Å²) >= 11 is 0. The van der Waals surface area contributed by atoms with E-state index in [1.165, 1.54) is 6.20 Å². The smallest absolute Gasteiger partial charge is 0.314 e. The molecule has 1 saturated heterocycles. The van der Waals surface area contributed by atoms with Crippen molar-refractivity contribution in [2.45, 2.75) is 19.1 Å². The van der Waals surface area contributed by atoms with Gasteiger partial charge in [-0.15, -0.1) is 12.4 Å². The third kappa shape index (κ3) is 2.90. The summed E-state index contributed by atoms with van der Waals surface area (Å²) in [5.74, 6) is 0. The van der Waals surface area contributed by atoms with Crippen LogP contribution >= 0.6 is 12.4 Å². The summed E-state index contributed by atoms with van der Waals surface area (Å²) in [6, 6.07) is 2.14. The molecule has 0 amide bonds. The van der Waals surface area contributed by atoms with E-state index in [0.717, 1.165) is 13.1 Å². The van der Waals surface area contributed by atoms with Crippen LogP contribution in [0.3, 0.4) is 0 Å². The number of nitrogens with one attached hydrogen (secondary N) is 1. The second-order valence-corrected chi connectivity index (χ2v) is 3.79. The van der Waals surface area contributed by atoms with Gasteiger partial charge in [-0.1, -0.05) is 0 Å². The Kier molecular flexibility index (Phi) is 4.64. The van der Waals surface area contributed by atoms with E-state index in [1.807, 2.05) is 7.05 Å². The molecule has 2 heterocycles. The predicted molar refractivity (Wildman–Crippen MR) is 58.9 cm³/mol. The van der Waals surface area contributed by atoms with Crippen molar-refractivity contribution >= 4 is 12.4 Å². The van der Waals surface area contributed by atoms with Crippen molar-refractivity contribution in [3.63, 3.8) is 0 Å². The summed E-state index contributed by atoms with van der Waals surface area (Å²) in [5, 5.41) is 6.96. The highest BCUT2D eigenvalue weighted by Crippen LogP contribution is 2.11. The average Bonchev–Trinajstić information content (AvgIpc) is 2.48. The third-order valence-corrected chi connectivity index (χ3v) is 2.66. The molecular formula is C9H15ClF2N4. The number of hydrogen-bond donors (Lipinski definition) is 1. The summed E-state index contributed by atoms with van der Waals surface area (Å²) in [5.41, 5.74) is 0.685. The molecule has 1 aliphatic rings. The highest BCUT2D eigenvalue weighted by Gasteiger charge is 2.22. The van der Waals surface area contributed by atoms with Crippen LogP contribution in [0.4, 0.5) is 8.78 Å². The lowest BCUT2D eigenvalue weighted by Gasteiger charge is -2.35. The zero-order chi connectivity index (χ0) is 10.8. The van der Waals surface area contributed by atoms with Crippen LogP contribution in [0.1, 0.15) is 12.2 Å². The van der Waals surface area contributed by atoms with Gasteiger partial charge in [0, 0.05) is 31.9 Å². The SMILES string of the molecule is CN(Cc1ccn(C(F)F)n1)C1CNC1.Cl. The molecule has 7 heteroatoms. The lowest BCUT2D eigenvalue weighted by molar-refractivity contribution is 0.0556. The summed E-state index contributed by atoms with van der Waals surface area (Å²) < 4.78 is 25.1. The molecule has 0 aliphatic carbocycles. The Morgan fingerprint density at radius 2 is 2.31 bits per heavy atom. The van der Waals surface area contributed by atoms with Gasteiger partial charge >= 0.3 is 6.55 Å². The van der Waals surface area contributed by atoms with Gasteiger partial charge in [-0.3, -0.25) is 4.90 Å². The number of hydrogen-bond acceptors (Lipinski definition) is 3. The van der Waals surface area contributed by atoms with Crippen molar-refractivity contribution in [1.82, 2.24) is 20.0 Å². The molecule has 0 unspecified atom stereocenters. The molecule has 0 spiro atoms. The van der Waals surface area contributed by atoms with E-state index in [9.17, 15) is 8.78 Å². The number of likely N-dealkylation sites (N-methyl/N-ethyl adjacent to an activating group) is 1. The molecule has 1 fully saturated rings. The maximum Gasteiger partial charge on any atom is 0.333 e. The first-order valence-electron chi connectivity index (χ1n) is 4.90. The second-order valence-electron chi connectivity index (χ2n) is 3.79. The van der Waals surface area contributed by atoms with Gasteiger partial charge in [0.2, 0.25) is 0 Å². The van der Waals surface area contributed by atoms with Gasteiger partial charge in [0.1, 0.15) is 0 Å². The Hall–Kier alpha value is -0.720. The normalized spacial score (nSPS) is 16.3. The molecule has 92 valence electrons. The number of nitrogens with zero attached hydrogens (tertiary/aromatic N) is 3. The topological polar surface area (TPSA) is 33.1 Å². The highest BCUT2D eigenvalue weighted by atomic mass is 35.5. The Morgan fingerprint density at radius 1 is 1.62 bits per heavy atom. The molecule has 1 aromatic heterocycles. The van der Waals surface area contributed by atoms with E-state index in [2.05, 4.69) is 15.3 Å². The van der Waals surface area contributed by atoms with Crippen LogP contribution in [0.5, 0.6) is 0 Å². The Bertz CT molecular complexity index is 327. The monoisotopic (exact) mass is 252 g/mol. The minimum absolute atomic E-state index is 0. The fraction of sp³-hybridized carbons (Fsp3) is 0.667. The number of halogens is 3. The predicted octanol–water partition coefficient (Wildman–Crippen LogP) is 1.10. The van der Waals surface area contributed by atoms with E-state index < -0.39 is 6.55 Å². The number of rotatable bonds is 4. The van der Waals surface area contributed by atoms with E-state index in [1.54, 1.807) is 6.07 Å². The summed E-state index contributed by atoms with van der Waals surface area (Å²) in [4.78, 5) is 2.12. The standard InChI is InChI=1S/C9H14F2N4.ClH/c1-14(8-4-12-5-8)6-7-2-3-15(13-7)9(10)11;/h2-3,8-9,12H,4-6H2,1H3;1H. The first kappa shape index (κ1) is 13.3. The Balaban J connectivity index is 0.00000128. The molecule has 1 N–H and O–H groups in total. The molecule has 2 rings (SSSR count). The molecule has 4 nitrogen and oxygen atoms in total. The van der Waals surface area contributed by atoms with Crippen LogP contribution in [0.25, 0.3) is 0 Å². The van der Waals surface area contributed by atoms with Gasteiger partial charge in [-0.05, 0) is 13.1 Å². The van der Waals surface area contributed by atoms with Gasteiger partial charge in [-0.2, -0.15) is 13.9 Å². The average molecular weight is 253 g/mol. The van der Waals surface area contributed by atoms with Crippen LogP contribution in [0.2, 0.25) is 0 Å². The molecule has 0 saturated carbocycles. The van der Waals surface area contributed by atoms with Gasteiger partial charge in [0.05, 0.1) is 5.69 Å². The van der Waals surface area contributed by atoms with Crippen LogP contribution in [-0.2, 0) is 6.54 Å². The van der Waals surface area contributed by atoms with Crippen molar-refractivity contribution in [1.29, 1.82) is 0 Å². The molecule has 16 heavy (non-hydrogen) atoms. The molecule has 0 radical (unpaired) electrons. The van der Waals surface area contributed by atoms with Gasteiger partial charge in [0.25, 0.3) is 0 Å². The van der Waals surface area contributed by atoms with Gasteiger partial charge in [-0.25, -0.2) is 4.68 Å². The van der Waals surface area contributed by atoms with Gasteiger partial charge in [0.15, 0.2) is 0 Å². The van der Waals surface area contributed by atoms with Crippen molar-refractivity contribution in [2.75, 3.05) is 20.1 Å². The lowest BCUT2D eigenvalue weighted by Crippen LogP contribution is -2.55. The zero-order valence-electron chi connectivity index (χ0n) is 8.94. The largest absolute Gasteiger partial charge is 0.333 e. The second kappa shape index (κ2) is 5.56. The maximum absolute atomic E-state index is 12.2. The third-order valence-electron chi connectivity index (χ3n) is 2.66. The van der Waals surface area contributed by atoms with Crippen LogP contribution in [0, 0.1) is 0 Å². The molecule has 1 aliphatic heterocycles. The number of aromatic nitrogens is 2. The summed E-state index contributed by atoms with van der Waals surface area (Å²) in [7, 11) is 1.98. The Labute approximate surface area is 99.0 Å². The highest BCUT2D eigenvalue weighted by molar-refractivity contribution is 5.85. The molecule has 0 bridgehead atoms. The summed E-state index contributed by atoms with van der Waals surface area (Å²) in [6.07, 6.45) is 1.31. The fourth-order valence-electron chi connectivity index (χ4n) is 1.54. The first-order chi connectivity index (χ1) is 7.16. The first-order valence-corrected chi connectivity index (χ1v) is 4.90. The maximum atomic E-state index is 12.2. The molecule has 1 aromatic rings. The minimum atomic E-state index is -2.55. The minimum Gasteiger partial charge on any atom is -0.314 e. The van der Waals surface area contributed by atoms with Crippen molar-refractivity contribution < 1.29 is 8.78 Å². The van der Waals surface area contributed by atoms with Crippen molar-refractivity contribution in [3.05, 3.63) is 18.0 Å². The quantitative estimate of drug-likeness (QED) is 0.871. The molecular weight excluding hydrogens is 238 g/mol. The van der Waals surface area contributed by atoms with E-state index >= 15 is 0 Å². The van der Waals surface area contributed by atoms with Gasteiger partial charge < -0.3 is 5.32 Å². The van der Waals surface area contributed by atoms with Crippen LogP contribution in [0.15, 0.2) is 12.3 Å². The summed E-state index contributed by atoms with van der Waals surface area (Å²) in [6.45, 7) is -0.00102. The van der Waals surface area contributed by atoms with Crippen LogP contribution < -0.4 is 5.32 Å². The van der Waals surface area contributed by atoms with Crippen LogP contribution in [-0.4, -0.2) is 40.9 Å². The van der Waals surface area contributed by atoms with Crippen molar-refractivity contribution in [2.24, 2.45) is 0 Å². The number of alkyl halides is 2. The van der Waals surface area contributed by atoms with E-state index in [4.69, 9.17) is 0 Å². The lowest BCUT2D eigenvalue weighted by atomic mass is 10.1. The van der Waals surface area contributed by atoms with Crippen molar-refractivity contribution in [3.8, 4) is 0 Å².